The topological polar surface area (TPSA) is 38.8 Å². The van der Waals surface area contributed by atoms with Crippen LogP contribution in [-0.4, -0.2) is 30.0 Å². The summed E-state index contributed by atoms with van der Waals surface area (Å²) < 4.78 is 21.4. The monoisotopic (exact) mass is 255 g/mol. The number of rotatable bonds is 1. The third-order valence-corrected chi connectivity index (χ3v) is 3.56. The molecule has 0 N–H and O–H groups in total. The Kier molecular flexibility index (Phi) is 4.15. The van der Waals surface area contributed by atoms with Crippen LogP contribution in [0.1, 0.15) is 12.5 Å². The van der Waals surface area contributed by atoms with Crippen LogP contribution in [0.25, 0.3) is 0 Å². The van der Waals surface area contributed by atoms with Crippen molar-refractivity contribution < 1.29 is 12.6 Å². The zero-order chi connectivity index (χ0) is 12.3. The van der Waals surface area contributed by atoms with E-state index in [-0.39, 0.29) is 6.10 Å². The third kappa shape index (κ3) is 3.28. The molecule has 5 heteroatoms. The van der Waals surface area contributed by atoms with Gasteiger partial charge in [0.05, 0.1) is 12.7 Å². The van der Waals surface area contributed by atoms with Crippen molar-refractivity contribution >= 4 is 17.0 Å². The molecule has 2 rings (SSSR count). The maximum atomic E-state index is 11.2. The lowest BCUT2D eigenvalue weighted by atomic mass is 10.1. The number of para-hydroxylation sites is 1. The average molecular weight is 255 g/mol. The first kappa shape index (κ1) is 12.5. The SMILES string of the molecule is Cc1ccccc1N1CCO[S@](=O)O[C@H](C)C1. The maximum Gasteiger partial charge on any atom is 0.304 e. The Bertz CT molecular complexity index is 410. The number of hydrogen-bond acceptors (Lipinski definition) is 4. The molecule has 1 aliphatic rings. The molecule has 1 aromatic rings. The first-order chi connectivity index (χ1) is 8.16. The molecule has 17 heavy (non-hydrogen) atoms. The lowest BCUT2D eigenvalue weighted by molar-refractivity contribution is 0.184. The van der Waals surface area contributed by atoms with Gasteiger partial charge in [-0.2, -0.15) is 4.21 Å². The van der Waals surface area contributed by atoms with Gasteiger partial charge in [0.15, 0.2) is 0 Å². The molecule has 1 heterocycles. The van der Waals surface area contributed by atoms with Crippen LogP contribution in [0, 0.1) is 6.92 Å². The summed E-state index contributed by atoms with van der Waals surface area (Å²) in [5, 5.41) is 0. The Morgan fingerprint density at radius 3 is 2.94 bits per heavy atom. The van der Waals surface area contributed by atoms with E-state index in [1.807, 2.05) is 19.1 Å². The summed E-state index contributed by atoms with van der Waals surface area (Å²) in [6.45, 7) is 5.84. The molecule has 94 valence electrons. The second-order valence-corrected chi connectivity index (χ2v) is 5.00. The standard InChI is InChI=1S/C12H17NO3S/c1-10-5-3-4-6-12(10)13-7-8-15-17(14)16-11(2)9-13/h3-6,11H,7-9H2,1-2H3/t11-,17+/m1/s1. The van der Waals surface area contributed by atoms with Gasteiger partial charge in [0.1, 0.15) is 0 Å². The van der Waals surface area contributed by atoms with E-state index >= 15 is 0 Å². The predicted molar refractivity (Wildman–Crippen MR) is 68.0 cm³/mol. The predicted octanol–water partition coefficient (Wildman–Crippen LogP) is 1.82. The van der Waals surface area contributed by atoms with Gasteiger partial charge in [-0.1, -0.05) is 18.2 Å². The summed E-state index contributed by atoms with van der Waals surface area (Å²) in [6.07, 6.45) is -0.115. The average Bonchev–Trinajstić information content (AvgIpc) is 2.26. The van der Waals surface area contributed by atoms with E-state index in [2.05, 4.69) is 24.0 Å². The highest BCUT2D eigenvalue weighted by atomic mass is 32.2. The highest BCUT2D eigenvalue weighted by Gasteiger charge is 2.19. The Hall–Kier alpha value is -0.910. The van der Waals surface area contributed by atoms with Crippen molar-refractivity contribution in [3.05, 3.63) is 29.8 Å². The van der Waals surface area contributed by atoms with Crippen LogP contribution < -0.4 is 4.90 Å². The van der Waals surface area contributed by atoms with Gasteiger partial charge in [0.2, 0.25) is 0 Å². The summed E-state index contributed by atoms with van der Waals surface area (Å²) in [6, 6.07) is 8.21. The summed E-state index contributed by atoms with van der Waals surface area (Å²) in [5.74, 6) is 0. The summed E-state index contributed by atoms with van der Waals surface area (Å²) in [7, 11) is 0. The summed E-state index contributed by atoms with van der Waals surface area (Å²) >= 11 is -1.60. The minimum absolute atomic E-state index is 0.115. The van der Waals surface area contributed by atoms with Crippen LogP contribution in [0.3, 0.4) is 0 Å². The minimum atomic E-state index is -1.60. The molecule has 1 aliphatic heterocycles. The Morgan fingerprint density at radius 2 is 2.18 bits per heavy atom. The van der Waals surface area contributed by atoms with Crippen LogP contribution in [0.4, 0.5) is 5.69 Å². The van der Waals surface area contributed by atoms with Gasteiger partial charge in [-0.05, 0) is 25.5 Å². The molecule has 0 aromatic heterocycles. The van der Waals surface area contributed by atoms with Crippen molar-refractivity contribution in [2.45, 2.75) is 20.0 Å². The molecule has 1 fully saturated rings. The van der Waals surface area contributed by atoms with Gasteiger partial charge < -0.3 is 4.90 Å². The zero-order valence-corrected chi connectivity index (χ0v) is 10.9. The number of hydrogen-bond donors (Lipinski definition) is 0. The van der Waals surface area contributed by atoms with Crippen molar-refractivity contribution in [3.8, 4) is 0 Å². The van der Waals surface area contributed by atoms with Gasteiger partial charge in [0.25, 0.3) is 0 Å². The van der Waals surface area contributed by atoms with Crippen LogP contribution in [-0.2, 0) is 19.7 Å². The van der Waals surface area contributed by atoms with Gasteiger partial charge in [-0.15, -0.1) is 0 Å². The molecule has 1 saturated heterocycles. The largest absolute Gasteiger partial charge is 0.366 e. The van der Waals surface area contributed by atoms with E-state index in [1.54, 1.807) is 0 Å². The molecular weight excluding hydrogens is 238 g/mol. The Labute approximate surface area is 104 Å². The number of benzene rings is 1. The molecule has 0 aliphatic carbocycles. The number of nitrogens with zero attached hydrogens (tertiary/aromatic N) is 1. The van der Waals surface area contributed by atoms with E-state index in [9.17, 15) is 4.21 Å². The quantitative estimate of drug-likeness (QED) is 0.767. The fourth-order valence-electron chi connectivity index (χ4n) is 1.95. The first-order valence-electron chi connectivity index (χ1n) is 5.69. The van der Waals surface area contributed by atoms with Crippen molar-refractivity contribution in [1.82, 2.24) is 0 Å². The van der Waals surface area contributed by atoms with E-state index in [4.69, 9.17) is 8.37 Å². The van der Waals surface area contributed by atoms with Crippen LogP contribution in [0.15, 0.2) is 24.3 Å². The summed E-state index contributed by atoms with van der Waals surface area (Å²) in [5.41, 5.74) is 2.40. The Morgan fingerprint density at radius 1 is 1.41 bits per heavy atom. The summed E-state index contributed by atoms with van der Waals surface area (Å²) in [4.78, 5) is 2.20. The van der Waals surface area contributed by atoms with Crippen LogP contribution in [0.2, 0.25) is 0 Å². The fraction of sp³-hybridized carbons (Fsp3) is 0.500. The molecule has 0 amide bonds. The highest BCUT2D eigenvalue weighted by Crippen LogP contribution is 2.21. The van der Waals surface area contributed by atoms with Crippen LogP contribution in [0.5, 0.6) is 0 Å². The zero-order valence-electron chi connectivity index (χ0n) is 10.1. The van der Waals surface area contributed by atoms with E-state index in [0.29, 0.717) is 6.61 Å². The van der Waals surface area contributed by atoms with E-state index < -0.39 is 11.4 Å². The van der Waals surface area contributed by atoms with E-state index in [0.717, 1.165) is 13.1 Å². The fourth-order valence-corrected chi connectivity index (χ4v) is 2.54. The molecule has 0 unspecified atom stereocenters. The van der Waals surface area contributed by atoms with Gasteiger partial charge >= 0.3 is 11.4 Å². The lowest BCUT2D eigenvalue weighted by Crippen LogP contribution is -2.38. The second-order valence-electron chi connectivity index (χ2n) is 4.17. The van der Waals surface area contributed by atoms with Crippen molar-refractivity contribution in [3.63, 3.8) is 0 Å². The van der Waals surface area contributed by atoms with Gasteiger partial charge in [0, 0.05) is 18.8 Å². The lowest BCUT2D eigenvalue weighted by Gasteiger charge is -2.30. The molecular formula is C12H17NO3S. The highest BCUT2D eigenvalue weighted by molar-refractivity contribution is 7.75. The third-order valence-electron chi connectivity index (χ3n) is 2.72. The van der Waals surface area contributed by atoms with Crippen molar-refractivity contribution in [2.75, 3.05) is 24.6 Å². The molecule has 0 radical (unpaired) electrons. The van der Waals surface area contributed by atoms with Gasteiger partial charge in [-0.3, -0.25) is 8.37 Å². The second kappa shape index (κ2) is 5.62. The molecule has 1 aromatic carbocycles. The smallest absolute Gasteiger partial charge is 0.304 e. The minimum Gasteiger partial charge on any atom is -0.366 e. The van der Waals surface area contributed by atoms with Crippen molar-refractivity contribution in [1.29, 1.82) is 0 Å². The molecule has 0 saturated carbocycles. The molecule has 0 bridgehead atoms. The van der Waals surface area contributed by atoms with Gasteiger partial charge in [-0.25, -0.2) is 0 Å². The maximum absolute atomic E-state index is 11.2. The van der Waals surface area contributed by atoms with E-state index in [1.165, 1.54) is 11.3 Å². The normalized spacial score (nSPS) is 26.4. The number of anilines is 1. The molecule has 4 nitrogen and oxygen atoms in total. The molecule has 0 spiro atoms. The van der Waals surface area contributed by atoms with Crippen molar-refractivity contribution in [2.24, 2.45) is 0 Å². The first-order valence-corrected chi connectivity index (χ1v) is 6.69. The Balaban J connectivity index is 2.15. The van der Waals surface area contributed by atoms with Crippen LogP contribution >= 0.6 is 0 Å². The number of aryl methyl sites for hydroxylation is 1. The molecule has 2 atom stereocenters.